The van der Waals surface area contributed by atoms with E-state index in [1.807, 2.05) is 48.5 Å². The summed E-state index contributed by atoms with van der Waals surface area (Å²) in [6.07, 6.45) is 0. The zero-order valence-electron chi connectivity index (χ0n) is 13.0. The van der Waals surface area contributed by atoms with Gasteiger partial charge < -0.3 is 14.2 Å². The lowest BCUT2D eigenvalue weighted by molar-refractivity contribution is 0.174. The molecule has 25 heavy (non-hydrogen) atoms. The maximum Gasteiger partial charge on any atom is 0.235 e. The number of fused-ring (bicyclic) bond motifs is 2. The van der Waals surface area contributed by atoms with E-state index in [9.17, 15) is 0 Å². The van der Waals surface area contributed by atoms with Gasteiger partial charge in [-0.05, 0) is 30.3 Å². The maximum atomic E-state index is 5.74. The molecule has 4 aromatic rings. The Labute approximate surface area is 146 Å². The molecule has 5 rings (SSSR count). The van der Waals surface area contributed by atoms with Gasteiger partial charge in [0.15, 0.2) is 17.3 Å². The third-order valence-electron chi connectivity index (χ3n) is 3.79. The van der Waals surface area contributed by atoms with Gasteiger partial charge >= 0.3 is 0 Å². The van der Waals surface area contributed by atoms with Crippen molar-refractivity contribution in [2.45, 2.75) is 6.61 Å². The monoisotopic (exact) mass is 352 g/mol. The van der Waals surface area contributed by atoms with E-state index in [4.69, 9.17) is 14.2 Å². The quantitative estimate of drug-likeness (QED) is 0.562. The van der Waals surface area contributed by atoms with Crippen molar-refractivity contribution in [3.63, 3.8) is 0 Å². The number of nitrogens with zero attached hydrogens (tertiary/aromatic N) is 4. The third-order valence-corrected chi connectivity index (χ3v) is 4.73. The van der Waals surface area contributed by atoms with Gasteiger partial charge in [-0.1, -0.05) is 29.5 Å². The first kappa shape index (κ1) is 14.2. The molecule has 7 nitrogen and oxygen atoms in total. The highest BCUT2D eigenvalue weighted by atomic mass is 32.1. The average molecular weight is 352 g/mol. The van der Waals surface area contributed by atoms with Crippen LogP contribution in [0.2, 0.25) is 0 Å². The molecule has 0 aliphatic carbocycles. The second-order valence-corrected chi connectivity index (χ2v) is 6.34. The smallest absolute Gasteiger partial charge is 0.235 e. The van der Waals surface area contributed by atoms with Gasteiger partial charge in [-0.2, -0.15) is 9.61 Å². The van der Waals surface area contributed by atoms with E-state index in [0.29, 0.717) is 12.4 Å². The highest BCUT2D eigenvalue weighted by Crippen LogP contribution is 2.37. The molecule has 124 valence electrons. The van der Waals surface area contributed by atoms with Crippen LogP contribution in [0, 0.1) is 0 Å². The fourth-order valence-electron chi connectivity index (χ4n) is 2.56. The van der Waals surface area contributed by atoms with E-state index in [-0.39, 0.29) is 6.79 Å². The van der Waals surface area contributed by atoms with Crippen LogP contribution in [0.1, 0.15) is 5.82 Å². The molecule has 0 saturated heterocycles. The lowest BCUT2D eigenvalue weighted by atomic mass is 10.2. The molecular formula is C17H12N4O3S. The molecule has 8 heteroatoms. The summed E-state index contributed by atoms with van der Waals surface area (Å²) >= 11 is 1.46. The molecule has 0 unspecified atom stereocenters. The van der Waals surface area contributed by atoms with Crippen LogP contribution in [0.5, 0.6) is 17.2 Å². The molecule has 0 spiro atoms. The summed E-state index contributed by atoms with van der Waals surface area (Å²) < 4.78 is 18.2. The summed E-state index contributed by atoms with van der Waals surface area (Å²) in [5.74, 6) is 2.92. The van der Waals surface area contributed by atoms with Gasteiger partial charge in [0.2, 0.25) is 11.8 Å². The number of aromatic nitrogens is 4. The van der Waals surface area contributed by atoms with E-state index >= 15 is 0 Å². The Morgan fingerprint density at radius 1 is 1.04 bits per heavy atom. The minimum atomic E-state index is 0.255. The Morgan fingerprint density at radius 3 is 2.84 bits per heavy atom. The minimum absolute atomic E-state index is 0.255. The highest BCUT2D eigenvalue weighted by Gasteiger charge is 2.17. The molecule has 0 bridgehead atoms. The van der Waals surface area contributed by atoms with E-state index in [1.54, 1.807) is 4.52 Å². The topological polar surface area (TPSA) is 70.8 Å². The summed E-state index contributed by atoms with van der Waals surface area (Å²) in [7, 11) is 0. The molecule has 0 radical (unpaired) electrons. The largest absolute Gasteiger partial charge is 0.486 e. The van der Waals surface area contributed by atoms with Crippen molar-refractivity contribution in [3.8, 4) is 27.8 Å². The molecule has 0 atom stereocenters. The Hall–Kier alpha value is -3.13. The van der Waals surface area contributed by atoms with Crippen LogP contribution in [-0.2, 0) is 6.61 Å². The molecule has 2 aromatic carbocycles. The highest BCUT2D eigenvalue weighted by molar-refractivity contribution is 7.19. The first-order valence-electron chi connectivity index (χ1n) is 7.66. The summed E-state index contributed by atoms with van der Waals surface area (Å²) in [6, 6.07) is 15.4. The Balaban J connectivity index is 1.43. The van der Waals surface area contributed by atoms with Crippen molar-refractivity contribution in [1.29, 1.82) is 0 Å². The standard InChI is InChI=1S/C17H12N4O3S/c1-2-4-12(5-3-1)22-9-15-18-19-17-21(15)20-16(25-17)11-6-7-13-14(8-11)24-10-23-13/h1-8H,9-10H2. The van der Waals surface area contributed by atoms with Crippen molar-refractivity contribution in [3.05, 3.63) is 54.4 Å². The Kier molecular flexibility index (Phi) is 3.27. The van der Waals surface area contributed by atoms with Crippen LogP contribution in [0.25, 0.3) is 15.5 Å². The molecule has 3 heterocycles. The summed E-state index contributed by atoms with van der Waals surface area (Å²) in [5.41, 5.74) is 0.953. The Bertz CT molecular complexity index is 1040. The second-order valence-electron chi connectivity index (χ2n) is 5.39. The number of benzene rings is 2. The summed E-state index contributed by atoms with van der Waals surface area (Å²) in [4.78, 5) is 0.722. The zero-order valence-corrected chi connectivity index (χ0v) is 13.8. The fourth-order valence-corrected chi connectivity index (χ4v) is 3.41. The van der Waals surface area contributed by atoms with Gasteiger partial charge in [0.25, 0.3) is 0 Å². The van der Waals surface area contributed by atoms with Gasteiger partial charge in [0.05, 0.1) is 0 Å². The van der Waals surface area contributed by atoms with Crippen molar-refractivity contribution in [2.24, 2.45) is 0 Å². The van der Waals surface area contributed by atoms with Crippen LogP contribution >= 0.6 is 11.3 Å². The third kappa shape index (κ3) is 2.56. The van der Waals surface area contributed by atoms with Gasteiger partial charge in [-0.15, -0.1) is 10.2 Å². The number of ether oxygens (including phenoxy) is 3. The number of hydrogen-bond acceptors (Lipinski definition) is 7. The number of para-hydroxylation sites is 1. The first-order valence-corrected chi connectivity index (χ1v) is 8.47. The fraction of sp³-hybridized carbons (Fsp3) is 0.118. The molecule has 0 saturated carbocycles. The van der Waals surface area contributed by atoms with E-state index in [2.05, 4.69) is 15.3 Å². The van der Waals surface area contributed by atoms with Gasteiger partial charge in [-0.3, -0.25) is 0 Å². The second kappa shape index (κ2) is 5.75. The summed E-state index contributed by atoms with van der Waals surface area (Å²) in [5, 5.41) is 13.8. The predicted octanol–water partition coefficient (Wildman–Crippen LogP) is 3.16. The van der Waals surface area contributed by atoms with E-state index in [0.717, 1.165) is 32.8 Å². The molecule has 2 aromatic heterocycles. The molecule has 1 aliphatic heterocycles. The SMILES string of the molecule is c1ccc(OCc2nnc3sc(-c4ccc5c(c4)OCO5)nn23)cc1. The van der Waals surface area contributed by atoms with Gasteiger partial charge in [0.1, 0.15) is 17.4 Å². The normalized spacial score (nSPS) is 12.6. The molecular weight excluding hydrogens is 340 g/mol. The van der Waals surface area contributed by atoms with E-state index < -0.39 is 0 Å². The molecule has 0 amide bonds. The summed E-state index contributed by atoms with van der Waals surface area (Å²) in [6.45, 7) is 0.556. The van der Waals surface area contributed by atoms with Crippen LogP contribution in [0.4, 0.5) is 0 Å². The van der Waals surface area contributed by atoms with Crippen molar-refractivity contribution in [2.75, 3.05) is 6.79 Å². The van der Waals surface area contributed by atoms with Gasteiger partial charge in [-0.25, -0.2) is 0 Å². The lowest BCUT2D eigenvalue weighted by Crippen LogP contribution is -2.02. The molecule has 1 aliphatic rings. The van der Waals surface area contributed by atoms with E-state index in [1.165, 1.54) is 11.3 Å². The van der Waals surface area contributed by atoms with Crippen LogP contribution in [0.3, 0.4) is 0 Å². The zero-order chi connectivity index (χ0) is 16.6. The minimum Gasteiger partial charge on any atom is -0.486 e. The number of rotatable bonds is 4. The van der Waals surface area contributed by atoms with Crippen LogP contribution < -0.4 is 14.2 Å². The molecule has 0 N–H and O–H groups in total. The maximum absolute atomic E-state index is 5.74. The average Bonchev–Trinajstić information content (AvgIpc) is 3.36. The van der Waals surface area contributed by atoms with Crippen molar-refractivity contribution >= 4 is 16.3 Å². The Morgan fingerprint density at radius 2 is 1.92 bits per heavy atom. The van der Waals surface area contributed by atoms with Crippen molar-refractivity contribution < 1.29 is 14.2 Å². The first-order chi connectivity index (χ1) is 12.4. The lowest BCUT2D eigenvalue weighted by Gasteiger charge is -2.03. The van der Waals surface area contributed by atoms with Crippen LogP contribution in [0.15, 0.2) is 48.5 Å². The number of hydrogen-bond donors (Lipinski definition) is 0. The van der Waals surface area contributed by atoms with Gasteiger partial charge in [0, 0.05) is 5.56 Å². The molecule has 0 fully saturated rings. The predicted molar refractivity (Wildman–Crippen MR) is 91.0 cm³/mol. The van der Waals surface area contributed by atoms with Crippen molar-refractivity contribution in [1.82, 2.24) is 19.8 Å². The van der Waals surface area contributed by atoms with Crippen LogP contribution in [-0.4, -0.2) is 26.6 Å².